The van der Waals surface area contributed by atoms with Gasteiger partial charge in [0.2, 0.25) is 0 Å². The van der Waals surface area contributed by atoms with Gasteiger partial charge in [0.05, 0.1) is 0 Å². The molecule has 1 saturated carbocycles. The standard InChI is InChI=1S/C13H23O2S/c1-3-14-16(15-4-2)8-7-13-10-11-5-6-12(13)9-11/h5-6,11-13H,3-4,7-10H2,1-2H3/q+1. The van der Waals surface area contributed by atoms with Crippen molar-refractivity contribution < 1.29 is 8.37 Å². The summed E-state index contributed by atoms with van der Waals surface area (Å²) in [5, 5.41) is 0. The molecule has 0 heterocycles. The third-order valence-electron chi connectivity index (χ3n) is 3.57. The summed E-state index contributed by atoms with van der Waals surface area (Å²) in [5.74, 6) is 3.73. The molecule has 0 saturated heterocycles. The van der Waals surface area contributed by atoms with E-state index in [2.05, 4.69) is 12.2 Å². The van der Waals surface area contributed by atoms with Gasteiger partial charge in [-0.15, -0.1) is 8.37 Å². The van der Waals surface area contributed by atoms with Crippen molar-refractivity contribution in [1.82, 2.24) is 0 Å². The molecule has 2 bridgehead atoms. The molecule has 2 aliphatic carbocycles. The monoisotopic (exact) mass is 243 g/mol. The van der Waals surface area contributed by atoms with E-state index in [-0.39, 0.29) is 11.5 Å². The van der Waals surface area contributed by atoms with E-state index in [1.54, 1.807) is 0 Å². The first-order valence-corrected chi connectivity index (χ1v) is 7.73. The number of hydrogen-bond donors (Lipinski definition) is 0. The van der Waals surface area contributed by atoms with Gasteiger partial charge in [0, 0.05) is 6.42 Å². The van der Waals surface area contributed by atoms with Crippen LogP contribution in [-0.4, -0.2) is 19.0 Å². The van der Waals surface area contributed by atoms with Gasteiger partial charge >= 0.3 is 11.5 Å². The third kappa shape index (κ3) is 3.02. The zero-order valence-electron chi connectivity index (χ0n) is 10.4. The van der Waals surface area contributed by atoms with E-state index in [1.165, 1.54) is 19.3 Å². The average molecular weight is 243 g/mol. The summed E-state index contributed by atoms with van der Waals surface area (Å²) < 4.78 is 11.2. The first kappa shape index (κ1) is 12.5. The predicted molar refractivity (Wildman–Crippen MR) is 68.9 cm³/mol. The molecule has 0 aromatic carbocycles. The van der Waals surface area contributed by atoms with E-state index in [9.17, 15) is 0 Å². The van der Waals surface area contributed by atoms with Crippen molar-refractivity contribution in [2.45, 2.75) is 33.1 Å². The Morgan fingerprint density at radius 3 is 2.38 bits per heavy atom. The highest BCUT2D eigenvalue weighted by Gasteiger charge is 2.37. The zero-order chi connectivity index (χ0) is 11.4. The van der Waals surface area contributed by atoms with E-state index in [1.807, 2.05) is 13.8 Å². The van der Waals surface area contributed by atoms with Gasteiger partial charge in [-0.25, -0.2) is 0 Å². The summed E-state index contributed by atoms with van der Waals surface area (Å²) in [5.41, 5.74) is 0. The van der Waals surface area contributed by atoms with E-state index in [0.717, 1.165) is 36.7 Å². The maximum atomic E-state index is 5.61. The summed E-state index contributed by atoms with van der Waals surface area (Å²) in [6.07, 6.45) is 8.91. The van der Waals surface area contributed by atoms with E-state index < -0.39 is 0 Å². The van der Waals surface area contributed by atoms with Gasteiger partial charge < -0.3 is 0 Å². The Balaban J connectivity index is 1.71. The Morgan fingerprint density at radius 2 is 1.88 bits per heavy atom. The molecule has 0 aromatic heterocycles. The average Bonchev–Trinajstić information content (AvgIpc) is 2.88. The van der Waals surface area contributed by atoms with Crippen molar-refractivity contribution in [3.05, 3.63) is 12.2 Å². The Labute approximate surface area is 102 Å². The first-order chi connectivity index (χ1) is 7.83. The fourth-order valence-electron chi connectivity index (χ4n) is 2.89. The molecule has 0 aromatic rings. The summed E-state index contributed by atoms with van der Waals surface area (Å²) in [4.78, 5) is 0. The molecule has 0 aliphatic heterocycles. The second-order valence-corrected chi connectivity index (χ2v) is 6.14. The summed E-state index contributed by atoms with van der Waals surface area (Å²) in [6.45, 7) is 5.61. The normalized spacial score (nSPS) is 31.8. The molecular formula is C13H23O2S+. The van der Waals surface area contributed by atoms with Gasteiger partial charge in [0.1, 0.15) is 13.2 Å². The van der Waals surface area contributed by atoms with Crippen molar-refractivity contribution in [3.63, 3.8) is 0 Å². The fourth-order valence-corrected chi connectivity index (χ4v) is 4.21. The lowest BCUT2D eigenvalue weighted by Gasteiger charge is -2.16. The van der Waals surface area contributed by atoms with Crippen molar-refractivity contribution in [3.8, 4) is 0 Å². The molecule has 2 aliphatic rings. The van der Waals surface area contributed by atoms with Crippen LogP contribution in [0.4, 0.5) is 0 Å². The Bertz CT molecular complexity index is 236. The smallest absolute Gasteiger partial charge is 0.141 e. The van der Waals surface area contributed by atoms with Crippen LogP contribution in [0.15, 0.2) is 12.2 Å². The molecule has 2 nitrogen and oxygen atoms in total. The van der Waals surface area contributed by atoms with Gasteiger partial charge in [-0.05, 0) is 44.4 Å². The maximum absolute atomic E-state index is 5.61. The van der Waals surface area contributed by atoms with Gasteiger partial charge in [0.15, 0.2) is 5.75 Å². The molecule has 92 valence electrons. The van der Waals surface area contributed by atoms with Crippen LogP contribution in [-0.2, 0) is 19.8 Å². The fraction of sp³-hybridized carbons (Fsp3) is 0.846. The predicted octanol–water partition coefficient (Wildman–Crippen LogP) is 3.11. The minimum Gasteiger partial charge on any atom is -0.141 e. The van der Waals surface area contributed by atoms with Crippen molar-refractivity contribution in [2.75, 3.05) is 19.0 Å². The topological polar surface area (TPSA) is 18.5 Å². The largest absolute Gasteiger partial charge is 0.314 e. The van der Waals surface area contributed by atoms with Crippen molar-refractivity contribution >= 4 is 11.5 Å². The zero-order valence-corrected chi connectivity index (χ0v) is 11.2. The van der Waals surface area contributed by atoms with Gasteiger partial charge in [0.25, 0.3) is 0 Å². The van der Waals surface area contributed by atoms with Gasteiger partial charge in [-0.2, -0.15) is 0 Å². The van der Waals surface area contributed by atoms with Crippen molar-refractivity contribution in [1.29, 1.82) is 0 Å². The van der Waals surface area contributed by atoms with Crippen LogP contribution < -0.4 is 0 Å². The van der Waals surface area contributed by atoms with Crippen LogP contribution in [0.2, 0.25) is 0 Å². The summed E-state index contributed by atoms with van der Waals surface area (Å²) in [7, 11) is 0. The number of fused-ring (bicyclic) bond motifs is 2. The molecule has 0 radical (unpaired) electrons. The van der Waals surface area contributed by atoms with Crippen LogP contribution in [0.25, 0.3) is 0 Å². The lowest BCUT2D eigenvalue weighted by Crippen LogP contribution is -2.19. The SMILES string of the molecule is CCO[S+](CCC1CC2C=CC1C2)OCC. The molecule has 16 heavy (non-hydrogen) atoms. The maximum Gasteiger partial charge on any atom is 0.314 e. The van der Waals surface area contributed by atoms with Crippen LogP contribution in [0.3, 0.4) is 0 Å². The van der Waals surface area contributed by atoms with Crippen LogP contribution in [0.1, 0.15) is 33.1 Å². The highest BCUT2D eigenvalue weighted by atomic mass is 32.2. The minimum atomic E-state index is -0.247. The van der Waals surface area contributed by atoms with Gasteiger partial charge in [-0.1, -0.05) is 12.2 Å². The first-order valence-electron chi connectivity index (χ1n) is 6.49. The Hall–Kier alpha value is 0.01000. The molecule has 0 amide bonds. The number of allylic oxidation sites excluding steroid dienone is 2. The molecule has 1 fully saturated rings. The third-order valence-corrected chi connectivity index (χ3v) is 5.14. The molecule has 0 spiro atoms. The van der Waals surface area contributed by atoms with Crippen molar-refractivity contribution in [2.24, 2.45) is 17.8 Å². The minimum absolute atomic E-state index is 0.247. The number of rotatable bonds is 7. The second-order valence-electron chi connectivity index (χ2n) is 4.65. The van der Waals surface area contributed by atoms with E-state index in [4.69, 9.17) is 8.37 Å². The van der Waals surface area contributed by atoms with Crippen LogP contribution in [0, 0.1) is 17.8 Å². The second kappa shape index (κ2) is 6.08. The molecule has 2 rings (SSSR count). The Morgan fingerprint density at radius 1 is 1.12 bits per heavy atom. The molecular weight excluding hydrogens is 220 g/mol. The molecule has 3 heteroatoms. The molecule has 3 atom stereocenters. The lowest BCUT2D eigenvalue weighted by molar-refractivity contribution is 0.282. The van der Waals surface area contributed by atoms with E-state index in [0.29, 0.717) is 0 Å². The molecule has 0 N–H and O–H groups in total. The molecule has 3 unspecified atom stereocenters. The quantitative estimate of drug-likeness (QED) is 0.505. The summed E-state index contributed by atoms with van der Waals surface area (Å²) >= 11 is -0.247. The summed E-state index contributed by atoms with van der Waals surface area (Å²) in [6, 6.07) is 0. The highest BCUT2D eigenvalue weighted by Crippen LogP contribution is 2.45. The van der Waals surface area contributed by atoms with E-state index >= 15 is 0 Å². The van der Waals surface area contributed by atoms with Crippen LogP contribution >= 0.6 is 0 Å². The van der Waals surface area contributed by atoms with Crippen LogP contribution in [0.5, 0.6) is 0 Å². The van der Waals surface area contributed by atoms with Gasteiger partial charge in [-0.3, -0.25) is 0 Å². The Kier molecular flexibility index (Phi) is 4.74. The lowest BCUT2D eigenvalue weighted by atomic mass is 9.91. The number of hydrogen-bond acceptors (Lipinski definition) is 2. The highest BCUT2D eigenvalue weighted by molar-refractivity contribution is 7.87.